The second-order valence-electron chi connectivity index (χ2n) is 2.27. The zero-order chi connectivity index (χ0) is 10.8. The van der Waals surface area contributed by atoms with Crippen LogP contribution in [0.15, 0.2) is 58.8 Å². The second-order valence-corrected chi connectivity index (χ2v) is 2.27. The van der Waals surface area contributed by atoms with Gasteiger partial charge in [-0.15, -0.1) is 0 Å². The Balaban J connectivity index is 5.12. The van der Waals surface area contributed by atoms with E-state index in [2.05, 4.69) is 23.4 Å². The zero-order valence-electron chi connectivity index (χ0n) is 7.93. The van der Waals surface area contributed by atoms with Gasteiger partial charge in [0.15, 0.2) is 0 Å². The van der Waals surface area contributed by atoms with E-state index in [1.807, 2.05) is 0 Å². The number of allylic oxidation sites excluding steroid dienone is 6. The van der Waals surface area contributed by atoms with Crippen LogP contribution >= 0.6 is 0 Å². The van der Waals surface area contributed by atoms with Gasteiger partial charge in [0.1, 0.15) is 0 Å². The smallest absolute Gasteiger partial charge is 0.0544 e. The third-order valence-electron chi connectivity index (χ3n) is 1.36. The number of hydrogen-bond donors (Lipinski definition) is 2. The van der Waals surface area contributed by atoms with Crippen molar-refractivity contribution in [1.82, 2.24) is 0 Å². The van der Waals surface area contributed by atoms with Gasteiger partial charge in [0.05, 0.1) is 12.4 Å². The SMILES string of the molecule is C=CC=C(/C=N/N)C(/C=N/N)=C\C=C. The highest BCUT2D eigenvalue weighted by Crippen LogP contribution is 2.05. The number of rotatable bonds is 5. The van der Waals surface area contributed by atoms with Crippen molar-refractivity contribution in [1.29, 1.82) is 0 Å². The summed E-state index contributed by atoms with van der Waals surface area (Å²) >= 11 is 0. The summed E-state index contributed by atoms with van der Waals surface area (Å²) in [6, 6.07) is 0. The summed E-state index contributed by atoms with van der Waals surface area (Å²) in [6.07, 6.45) is 9.70. The Labute approximate surface area is 83.7 Å². The van der Waals surface area contributed by atoms with Gasteiger partial charge in [-0.2, -0.15) is 10.2 Å². The van der Waals surface area contributed by atoms with Gasteiger partial charge < -0.3 is 11.7 Å². The van der Waals surface area contributed by atoms with E-state index in [4.69, 9.17) is 11.7 Å². The van der Waals surface area contributed by atoms with E-state index in [9.17, 15) is 0 Å². The lowest BCUT2D eigenvalue weighted by atomic mass is 10.1. The lowest BCUT2D eigenvalue weighted by Crippen LogP contribution is -1.97. The van der Waals surface area contributed by atoms with Crippen LogP contribution in [0.5, 0.6) is 0 Å². The van der Waals surface area contributed by atoms with Crippen molar-refractivity contribution in [3.63, 3.8) is 0 Å². The Hall–Kier alpha value is -2.10. The lowest BCUT2D eigenvalue weighted by molar-refractivity contribution is 1.25. The van der Waals surface area contributed by atoms with Gasteiger partial charge in [-0.1, -0.05) is 37.5 Å². The minimum Gasteiger partial charge on any atom is -0.323 e. The van der Waals surface area contributed by atoms with Crippen molar-refractivity contribution in [3.8, 4) is 0 Å². The summed E-state index contributed by atoms with van der Waals surface area (Å²) < 4.78 is 0. The topological polar surface area (TPSA) is 76.8 Å². The molecule has 0 unspecified atom stereocenters. The van der Waals surface area contributed by atoms with Crippen molar-refractivity contribution in [2.75, 3.05) is 0 Å². The molecule has 0 amide bonds. The standard InChI is InChI=1S/C10H14N4/c1-3-5-9(7-13-11)10(6-4-2)8-14-12/h3-8H,1-2,11-12H2/b9-5-,10-6?,13-7+,14-8+. The van der Waals surface area contributed by atoms with Crippen molar-refractivity contribution < 1.29 is 0 Å². The maximum atomic E-state index is 5.06. The van der Waals surface area contributed by atoms with Gasteiger partial charge in [-0.25, -0.2) is 0 Å². The Morgan fingerprint density at radius 3 is 1.43 bits per heavy atom. The van der Waals surface area contributed by atoms with Crippen LogP contribution in [0, 0.1) is 0 Å². The fourth-order valence-electron chi connectivity index (χ4n) is 0.842. The molecule has 0 rings (SSSR count). The van der Waals surface area contributed by atoms with E-state index in [1.54, 1.807) is 24.3 Å². The first-order valence-electron chi connectivity index (χ1n) is 3.92. The molecular formula is C10H14N4. The number of hydrogen-bond acceptors (Lipinski definition) is 4. The molecule has 0 spiro atoms. The Bertz CT molecular complexity index is 276. The molecule has 0 radical (unpaired) electrons. The van der Waals surface area contributed by atoms with Gasteiger partial charge in [-0.05, 0) is 0 Å². The van der Waals surface area contributed by atoms with Crippen LogP contribution in [0.4, 0.5) is 0 Å². The summed E-state index contributed by atoms with van der Waals surface area (Å²) in [5.74, 6) is 10.1. The first-order chi connectivity index (χ1) is 6.79. The van der Waals surface area contributed by atoms with Crippen molar-refractivity contribution in [2.24, 2.45) is 21.9 Å². The Morgan fingerprint density at radius 1 is 0.857 bits per heavy atom. The second kappa shape index (κ2) is 7.54. The molecule has 0 saturated heterocycles. The summed E-state index contributed by atoms with van der Waals surface area (Å²) in [4.78, 5) is 0. The van der Waals surface area contributed by atoms with Crippen LogP contribution in [0.2, 0.25) is 0 Å². The highest BCUT2D eigenvalue weighted by atomic mass is 15.1. The lowest BCUT2D eigenvalue weighted by Gasteiger charge is -1.99. The number of nitrogens with two attached hydrogens (primary N) is 2. The first kappa shape index (κ1) is 11.9. The number of hydrazone groups is 2. The highest BCUT2D eigenvalue weighted by molar-refractivity contribution is 5.98. The van der Waals surface area contributed by atoms with Gasteiger partial charge in [0, 0.05) is 11.1 Å². The van der Waals surface area contributed by atoms with Crippen LogP contribution in [0.3, 0.4) is 0 Å². The van der Waals surface area contributed by atoms with Crippen molar-refractivity contribution in [2.45, 2.75) is 0 Å². The molecule has 0 heterocycles. The fraction of sp³-hybridized carbons (Fsp3) is 0. The fourth-order valence-corrected chi connectivity index (χ4v) is 0.842. The summed E-state index contributed by atoms with van der Waals surface area (Å²) in [7, 11) is 0. The third kappa shape index (κ3) is 4.06. The molecule has 0 aliphatic carbocycles. The van der Waals surface area contributed by atoms with Crippen LogP contribution < -0.4 is 11.7 Å². The van der Waals surface area contributed by atoms with Gasteiger partial charge in [0.25, 0.3) is 0 Å². The minimum atomic E-state index is 0.761. The molecule has 4 N–H and O–H groups in total. The van der Waals surface area contributed by atoms with Crippen LogP contribution in [-0.4, -0.2) is 12.4 Å². The zero-order valence-corrected chi connectivity index (χ0v) is 7.93. The van der Waals surface area contributed by atoms with Gasteiger partial charge in [-0.3, -0.25) is 0 Å². The largest absolute Gasteiger partial charge is 0.323 e. The summed E-state index contributed by atoms with van der Waals surface area (Å²) in [6.45, 7) is 7.16. The van der Waals surface area contributed by atoms with Crippen molar-refractivity contribution >= 4 is 12.4 Å². The number of nitrogens with zero attached hydrogens (tertiary/aromatic N) is 2. The van der Waals surface area contributed by atoms with Crippen LogP contribution in [-0.2, 0) is 0 Å². The molecule has 0 fully saturated rings. The van der Waals surface area contributed by atoms with Gasteiger partial charge >= 0.3 is 0 Å². The van der Waals surface area contributed by atoms with E-state index < -0.39 is 0 Å². The van der Waals surface area contributed by atoms with Crippen LogP contribution in [0.25, 0.3) is 0 Å². The predicted octanol–water partition coefficient (Wildman–Crippen LogP) is 1.10. The molecule has 0 aliphatic rings. The quantitative estimate of drug-likeness (QED) is 0.295. The molecule has 4 nitrogen and oxygen atoms in total. The third-order valence-corrected chi connectivity index (χ3v) is 1.36. The molecule has 0 aromatic rings. The minimum absolute atomic E-state index is 0.761. The molecule has 0 atom stereocenters. The maximum Gasteiger partial charge on any atom is 0.0544 e. The van der Waals surface area contributed by atoms with E-state index in [0.29, 0.717) is 0 Å². The monoisotopic (exact) mass is 190 g/mol. The summed E-state index contributed by atoms with van der Waals surface area (Å²) in [5, 5.41) is 6.84. The molecule has 14 heavy (non-hydrogen) atoms. The molecule has 74 valence electrons. The highest BCUT2D eigenvalue weighted by Gasteiger charge is 1.97. The first-order valence-corrected chi connectivity index (χ1v) is 3.92. The van der Waals surface area contributed by atoms with E-state index in [-0.39, 0.29) is 0 Å². The molecule has 0 aliphatic heterocycles. The van der Waals surface area contributed by atoms with E-state index >= 15 is 0 Å². The van der Waals surface area contributed by atoms with Crippen LogP contribution in [0.1, 0.15) is 0 Å². The molecule has 0 saturated carbocycles. The molecule has 0 bridgehead atoms. The Morgan fingerprint density at radius 2 is 1.21 bits per heavy atom. The van der Waals surface area contributed by atoms with E-state index in [1.165, 1.54) is 12.4 Å². The molecule has 4 heteroatoms. The summed E-state index contributed by atoms with van der Waals surface area (Å²) in [5.41, 5.74) is 1.52. The van der Waals surface area contributed by atoms with Gasteiger partial charge in [0.2, 0.25) is 0 Å². The Kier molecular flexibility index (Phi) is 6.41. The molecule has 0 aromatic heterocycles. The molecular weight excluding hydrogens is 176 g/mol. The normalized spacial score (nSPS) is 13.7. The predicted molar refractivity (Wildman–Crippen MR) is 61.9 cm³/mol. The maximum absolute atomic E-state index is 5.06. The molecule has 0 aromatic carbocycles. The average molecular weight is 190 g/mol. The van der Waals surface area contributed by atoms with E-state index in [0.717, 1.165) is 11.1 Å². The average Bonchev–Trinajstić information content (AvgIpc) is 2.17. The van der Waals surface area contributed by atoms with Crippen molar-refractivity contribution in [3.05, 3.63) is 48.6 Å².